The van der Waals surface area contributed by atoms with Crippen molar-refractivity contribution in [2.24, 2.45) is 0 Å². The number of anilines is 2. The second-order valence-electron chi connectivity index (χ2n) is 27.0. The van der Waals surface area contributed by atoms with Gasteiger partial charge in [0.15, 0.2) is 0 Å². The van der Waals surface area contributed by atoms with Crippen LogP contribution in [0.1, 0.15) is 194 Å². The van der Waals surface area contributed by atoms with Gasteiger partial charge in [-0.15, -0.1) is 10.2 Å². The minimum absolute atomic E-state index is 0.0672. The summed E-state index contributed by atoms with van der Waals surface area (Å²) < 4.78 is 93.8. The Morgan fingerprint density at radius 2 is 1.37 bits per heavy atom. The second kappa shape index (κ2) is 40.4. The number of benzene rings is 3. The van der Waals surface area contributed by atoms with Gasteiger partial charge in [-0.25, -0.2) is 4.21 Å². The normalized spacial score (nSPS) is 16.3. The molecule has 0 fully saturated rings. The van der Waals surface area contributed by atoms with Crippen LogP contribution < -0.4 is 30.9 Å². The van der Waals surface area contributed by atoms with E-state index in [1.807, 2.05) is 58.1 Å². The van der Waals surface area contributed by atoms with Crippen LogP contribution in [0.3, 0.4) is 0 Å². The van der Waals surface area contributed by atoms with Crippen molar-refractivity contribution in [3.8, 4) is 5.75 Å². The molecule has 1 aromatic heterocycles. The Labute approximate surface area is 610 Å². The predicted molar refractivity (Wildman–Crippen MR) is 396 cm³/mol. The molecule has 3 aromatic carbocycles. The fourth-order valence-corrected chi connectivity index (χ4v) is 14.3. The Kier molecular flexibility index (Phi) is 33.2. The lowest BCUT2D eigenvalue weighted by Crippen LogP contribution is -2.40. The molecule has 6 rings (SSSR count). The maximum atomic E-state index is 13.8. The number of ether oxygens (including phenoxy) is 1. The highest BCUT2D eigenvalue weighted by molar-refractivity contribution is 7.86. The van der Waals surface area contributed by atoms with E-state index in [1.54, 1.807) is 30.3 Å². The molecule has 1 aliphatic carbocycles. The molecule has 4 aromatic rings. The van der Waals surface area contributed by atoms with Crippen molar-refractivity contribution >= 4 is 82.7 Å². The summed E-state index contributed by atoms with van der Waals surface area (Å²) in [7, 11) is -8.74. The highest BCUT2D eigenvalue weighted by Crippen LogP contribution is 2.49. The van der Waals surface area contributed by atoms with Crippen LogP contribution in [0.25, 0.3) is 5.57 Å². The van der Waals surface area contributed by atoms with Gasteiger partial charge in [0.05, 0.1) is 48.3 Å². The molecule has 13 N–H and O–H groups in total. The number of rotatable bonds is 44. The van der Waals surface area contributed by atoms with Crippen molar-refractivity contribution < 1.29 is 89.3 Å². The van der Waals surface area contributed by atoms with E-state index in [0.717, 1.165) is 70.7 Å². The van der Waals surface area contributed by atoms with E-state index in [9.17, 15) is 80.0 Å². The molecule has 1 unspecified atom stereocenters. The molecule has 566 valence electrons. The molecule has 0 saturated carbocycles. The quantitative estimate of drug-likeness (QED) is 0.00645. The van der Waals surface area contributed by atoms with Crippen molar-refractivity contribution in [3.05, 3.63) is 154 Å². The van der Waals surface area contributed by atoms with Gasteiger partial charge in [-0.05, 0) is 183 Å². The number of aliphatic hydroxyl groups is 6. The molecule has 1 aliphatic heterocycles. The number of hydrogen-bond donors (Lipinski definition) is 13. The number of amides is 4. The van der Waals surface area contributed by atoms with E-state index in [0.29, 0.717) is 131 Å². The summed E-state index contributed by atoms with van der Waals surface area (Å²) in [5.41, 5.74) is 5.73. The van der Waals surface area contributed by atoms with Crippen LogP contribution in [-0.4, -0.2) is 169 Å². The molecular formula is C73H101N7O19S4. The Bertz CT molecular complexity index is 3980. The number of allylic oxidation sites excluding steroid dienone is 9. The molecule has 30 heteroatoms. The molecule has 0 spiro atoms. The number of carbonyl (C=O) groups excluding carboxylic acids is 4. The molecule has 2 aliphatic rings. The van der Waals surface area contributed by atoms with E-state index < -0.39 is 84.8 Å². The minimum Gasteiger partial charge on any atom is -0.457 e. The zero-order chi connectivity index (χ0) is 75.7. The van der Waals surface area contributed by atoms with Crippen molar-refractivity contribution in [1.29, 1.82) is 0 Å². The monoisotopic (exact) mass is 1510 g/mol. The first-order chi connectivity index (χ1) is 48.7. The zero-order valence-corrected chi connectivity index (χ0v) is 62.2. The fraction of sp³-hybridized carbons (Fsp3) is 0.507. The molecule has 4 amide bonds. The Morgan fingerprint density at radius 1 is 0.738 bits per heavy atom. The van der Waals surface area contributed by atoms with Crippen LogP contribution in [0.5, 0.6) is 5.75 Å². The first-order valence-electron chi connectivity index (χ1n) is 34.7. The van der Waals surface area contributed by atoms with Crippen LogP contribution in [0.4, 0.5) is 10.8 Å². The molecular weight excluding hydrogens is 1410 g/mol. The van der Waals surface area contributed by atoms with Crippen molar-refractivity contribution in [2.75, 3.05) is 55.4 Å². The van der Waals surface area contributed by atoms with Crippen molar-refractivity contribution in [2.45, 2.75) is 201 Å². The first-order valence-corrected chi connectivity index (χ1v) is 39.7. The number of hydrogen-bond acceptors (Lipinski definition) is 20. The third-order valence-electron chi connectivity index (χ3n) is 18.3. The number of carbonyl (C=O) groups is 4. The Balaban J connectivity index is 1.26. The SMILES string of the molecule is C=C(CCCCS(=O)(=O)O)c1ccc(C(=O)NCCCC[C@H](O)CO)cc1C(C)(C)C(=C)/C=C/C1=C(Oc2ccc(S(=O)(=O)O)cc2)C(=C/C=C2/N(CCCCCC(=O)NCCCCCCCC(=O)Nc3nnc(S(=O)O)s3)c3ccc(C(=O)NC[C@H](O)[C@@H](O)C[C@H](O)CO)cc3C2(C)C)/CCC1. The number of aliphatic hydroxyl groups excluding tert-OH is 6. The number of unbranched alkanes of at least 4 members (excludes halogenated alkanes) is 8. The maximum absolute atomic E-state index is 13.8. The Hall–Kier alpha value is -7.17. The van der Waals surface area contributed by atoms with E-state index >= 15 is 0 Å². The van der Waals surface area contributed by atoms with Crippen LogP contribution in [0.15, 0.2) is 136 Å². The lowest BCUT2D eigenvalue weighted by molar-refractivity contribution is -0.121. The average Bonchev–Trinajstić information content (AvgIpc) is 1.62. The largest absolute Gasteiger partial charge is 0.457 e. The van der Waals surface area contributed by atoms with E-state index in [2.05, 4.69) is 49.5 Å². The van der Waals surface area contributed by atoms with Crippen molar-refractivity contribution in [3.63, 3.8) is 0 Å². The van der Waals surface area contributed by atoms with Gasteiger partial charge >= 0.3 is 0 Å². The number of aromatic nitrogens is 2. The molecule has 103 heavy (non-hydrogen) atoms. The van der Waals surface area contributed by atoms with E-state index in [4.69, 9.17) is 9.29 Å². The summed E-state index contributed by atoms with van der Waals surface area (Å²) in [5.74, 6) is -0.873. The van der Waals surface area contributed by atoms with Gasteiger partial charge in [-0.3, -0.25) is 28.3 Å². The molecule has 0 radical (unpaired) electrons. The van der Waals surface area contributed by atoms with Crippen LogP contribution in [0, 0.1) is 0 Å². The minimum atomic E-state index is -4.55. The molecule has 0 bridgehead atoms. The highest BCUT2D eigenvalue weighted by Gasteiger charge is 2.41. The van der Waals surface area contributed by atoms with Crippen LogP contribution in [0.2, 0.25) is 0 Å². The summed E-state index contributed by atoms with van der Waals surface area (Å²) in [6, 6.07) is 15.9. The average molecular weight is 1510 g/mol. The topological polar surface area (TPSA) is 422 Å². The smallest absolute Gasteiger partial charge is 0.294 e. The molecule has 2 heterocycles. The van der Waals surface area contributed by atoms with Gasteiger partial charge in [0.1, 0.15) is 11.5 Å². The summed E-state index contributed by atoms with van der Waals surface area (Å²) in [5, 5.41) is 77.8. The molecule has 26 nitrogen and oxygen atoms in total. The first kappa shape index (κ1) is 84.8. The van der Waals surface area contributed by atoms with Gasteiger partial charge in [0, 0.05) is 78.8 Å². The summed E-state index contributed by atoms with van der Waals surface area (Å²) in [6.07, 6.45) is 13.2. The zero-order valence-electron chi connectivity index (χ0n) is 59.0. The van der Waals surface area contributed by atoms with Gasteiger partial charge in [-0.2, -0.15) is 16.8 Å². The maximum Gasteiger partial charge on any atom is 0.294 e. The van der Waals surface area contributed by atoms with Gasteiger partial charge in [0.25, 0.3) is 32.1 Å². The lowest BCUT2D eigenvalue weighted by Gasteiger charge is -2.30. The van der Waals surface area contributed by atoms with Gasteiger partial charge < -0.3 is 66.1 Å². The van der Waals surface area contributed by atoms with Gasteiger partial charge in [-0.1, -0.05) is 102 Å². The van der Waals surface area contributed by atoms with Gasteiger partial charge in [0.2, 0.25) is 32.4 Å². The standard InChI is InChI=1S/C73H101N7O19S4/c1-48(20-14-18-41-102(93,94)95)58-35-28-52(68(89)75-39-16-13-23-54(83)46-81)42-59(58)72(3,4)49(2)26-27-50-21-19-22-51(67(50)99-56-31-33-57(34-32-56)103(96,97)98)30-37-64-73(5,6)60-43-53(69(90)76-45-63(86)62(85)44-55(84)47-82)29-36-61(60)80(64)40-17-10-12-24-65(87)74-38-15-9-7-8-11-25-66(88)77-70-78-79-71(100-70)101(91)92/h26-37,42-43,54-55,62-63,81-86H,1-2,7-25,38-41,44-47H2,3-6H3,(H,74,87)(H,75,89)(H,76,90)(H,91,92)(H,77,78,88)(H,93,94,95)(H,96,97,98)/b27-26+,51-30+,64-37+/t54-,55-,62-,63-/m0/s1. The fourth-order valence-electron chi connectivity index (χ4n) is 12.1. The number of nitrogens with one attached hydrogen (secondary N) is 4. The second-order valence-corrected chi connectivity index (χ2v) is 32.1. The predicted octanol–water partition coefficient (Wildman–Crippen LogP) is 9.06. The lowest BCUT2D eigenvalue weighted by atomic mass is 9.74. The summed E-state index contributed by atoms with van der Waals surface area (Å²) in [6.45, 7) is 16.9. The van der Waals surface area contributed by atoms with Crippen LogP contribution >= 0.6 is 11.3 Å². The van der Waals surface area contributed by atoms with Crippen LogP contribution in [-0.2, 0) is 51.7 Å². The van der Waals surface area contributed by atoms with E-state index in [1.165, 1.54) is 24.3 Å². The van der Waals surface area contributed by atoms with Crippen molar-refractivity contribution in [1.82, 2.24) is 26.1 Å². The number of nitrogens with zero attached hydrogens (tertiary/aromatic N) is 3. The summed E-state index contributed by atoms with van der Waals surface area (Å²) >= 11 is -1.44. The van der Waals surface area contributed by atoms with E-state index in [-0.39, 0.29) is 75.8 Å². The Morgan fingerprint density at radius 3 is 2.05 bits per heavy atom. The molecule has 0 saturated heterocycles. The third-order valence-corrected chi connectivity index (χ3v) is 21.6. The third kappa shape index (κ3) is 26.4. The number of fused-ring (bicyclic) bond motifs is 1. The summed E-state index contributed by atoms with van der Waals surface area (Å²) in [4.78, 5) is 54.7. The molecule has 5 atom stereocenters. The highest BCUT2D eigenvalue weighted by atomic mass is 32.2.